The Morgan fingerprint density at radius 1 is 1.00 bits per heavy atom. The molecular weight excluding hydrogens is 348 g/mol. The van der Waals surface area contributed by atoms with Gasteiger partial charge in [-0.2, -0.15) is 4.72 Å². The third-order valence-electron chi connectivity index (χ3n) is 4.04. The molecule has 0 saturated heterocycles. The lowest BCUT2D eigenvalue weighted by Gasteiger charge is -2.21. The van der Waals surface area contributed by atoms with Crippen LogP contribution in [0, 0.1) is 5.92 Å². The highest BCUT2D eigenvalue weighted by Gasteiger charge is 2.28. The quantitative estimate of drug-likeness (QED) is 0.741. The van der Waals surface area contributed by atoms with Gasteiger partial charge in [0.05, 0.1) is 4.90 Å². The second-order valence-corrected chi connectivity index (χ2v) is 8.31. The number of amides is 1. The minimum absolute atomic E-state index is 0.141. The smallest absolute Gasteiger partial charge is 0.242 e. The van der Waals surface area contributed by atoms with Crippen LogP contribution in [0.5, 0.6) is 0 Å². The molecular formula is C20H26N2O3S. The van der Waals surface area contributed by atoms with Gasteiger partial charge in [0.1, 0.15) is 6.04 Å². The molecule has 2 aromatic carbocycles. The zero-order valence-electron chi connectivity index (χ0n) is 15.4. The normalized spacial score (nSPS) is 12.8. The molecule has 2 rings (SSSR count). The summed E-state index contributed by atoms with van der Waals surface area (Å²) in [5.41, 5.74) is 1.86. The van der Waals surface area contributed by atoms with Crippen molar-refractivity contribution in [1.82, 2.24) is 4.72 Å². The molecule has 0 aliphatic heterocycles. The first-order valence-electron chi connectivity index (χ1n) is 8.80. The first kappa shape index (κ1) is 20.1. The van der Waals surface area contributed by atoms with Crippen LogP contribution in [0.4, 0.5) is 5.69 Å². The van der Waals surface area contributed by atoms with E-state index in [0.717, 1.165) is 12.8 Å². The van der Waals surface area contributed by atoms with Crippen molar-refractivity contribution in [2.45, 2.75) is 44.6 Å². The standard InChI is InChI=1S/C20H26N2O3S/c1-4-8-16-11-13-17(14-12-16)21-20(23)19(15(2)3)22-26(24,25)18-9-6-5-7-10-18/h5-7,9-15,19,22H,4,8H2,1-3H3,(H,21,23)/t19-/m0/s1. The highest BCUT2D eigenvalue weighted by Crippen LogP contribution is 2.15. The van der Waals surface area contributed by atoms with E-state index in [1.807, 2.05) is 38.1 Å². The van der Waals surface area contributed by atoms with E-state index in [0.29, 0.717) is 5.69 Å². The Labute approximate surface area is 155 Å². The summed E-state index contributed by atoms with van der Waals surface area (Å²) in [4.78, 5) is 12.8. The van der Waals surface area contributed by atoms with Crippen molar-refractivity contribution in [1.29, 1.82) is 0 Å². The predicted molar refractivity (Wildman–Crippen MR) is 104 cm³/mol. The van der Waals surface area contributed by atoms with Crippen LogP contribution in [-0.4, -0.2) is 20.4 Å². The number of anilines is 1. The lowest BCUT2D eigenvalue weighted by atomic mass is 10.0. The Morgan fingerprint density at radius 3 is 2.15 bits per heavy atom. The number of rotatable bonds is 8. The summed E-state index contributed by atoms with van der Waals surface area (Å²) in [6, 6.07) is 14.8. The number of aryl methyl sites for hydroxylation is 1. The van der Waals surface area contributed by atoms with Gasteiger partial charge >= 0.3 is 0 Å². The maximum atomic E-state index is 12.6. The van der Waals surface area contributed by atoms with Crippen LogP contribution in [0.3, 0.4) is 0 Å². The first-order chi connectivity index (χ1) is 12.3. The summed E-state index contributed by atoms with van der Waals surface area (Å²) in [5, 5.41) is 2.80. The average Bonchev–Trinajstić information content (AvgIpc) is 2.62. The largest absolute Gasteiger partial charge is 0.325 e. The third-order valence-corrected chi connectivity index (χ3v) is 5.50. The molecule has 0 aliphatic carbocycles. The number of carbonyl (C=O) groups excluding carboxylic acids is 1. The highest BCUT2D eigenvalue weighted by molar-refractivity contribution is 7.89. The van der Waals surface area contributed by atoms with E-state index in [-0.39, 0.29) is 16.7 Å². The van der Waals surface area contributed by atoms with Crippen molar-refractivity contribution < 1.29 is 13.2 Å². The molecule has 2 aromatic rings. The van der Waals surface area contributed by atoms with Crippen LogP contribution >= 0.6 is 0 Å². The van der Waals surface area contributed by atoms with Crippen molar-refractivity contribution in [2.24, 2.45) is 5.92 Å². The van der Waals surface area contributed by atoms with Gasteiger partial charge in [0.15, 0.2) is 0 Å². The number of carbonyl (C=O) groups is 1. The summed E-state index contributed by atoms with van der Waals surface area (Å²) in [6.07, 6.45) is 2.04. The zero-order valence-corrected chi connectivity index (χ0v) is 16.2. The van der Waals surface area contributed by atoms with Crippen LogP contribution in [0.2, 0.25) is 0 Å². The van der Waals surface area contributed by atoms with Gasteiger partial charge in [0, 0.05) is 5.69 Å². The van der Waals surface area contributed by atoms with Crippen molar-refractivity contribution in [3.63, 3.8) is 0 Å². The van der Waals surface area contributed by atoms with Crippen LogP contribution in [0.15, 0.2) is 59.5 Å². The SMILES string of the molecule is CCCc1ccc(NC(=O)[C@@H](NS(=O)(=O)c2ccccc2)C(C)C)cc1. The lowest BCUT2D eigenvalue weighted by molar-refractivity contribution is -0.118. The molecule has 0 unspecified atom stereocenters. The molecule has 5 nitrogen and oxygen atoms in total. The van der Waals surface area contributed by atoms with Crippen LogP contribution in [-0.2, 0) is 21.2 Å². The molecule has 26 heavy (non-hydrogen) atoms. The van der Waals surface area contributed by atoms with Gasteiger partial charge in [-0.05, 0) is 42.2 Å². The monoisotopic (exact) mass is 374 g/mol. The first-order valence-corrected chi connectivity index (χ1v) is 10.3. The number of nitrogens with one attached hydrogen (secondary N) is 2. The molecule has 0 spiro atoms. The van der Waals surface area contributed by atoms with Crippen LogP contribution in [0.25, 0.3) is 0 Å². The van der Waals surface area contributed by atoms with E-state index in [1.54, 1.807) is 18.2 Å². The highest BCUT2D eigenvalue weighted by atomic mass is 32.2. The average molecular weight is 375 g/mol. The molecule has 0 fully saturated rings. The minimum Gasteiger partial charge on any atom is -0.325 e. The van der Waals surface area contributed by atoms with Gasteiger partial charge in [-0.3, -0.25) is 4.79 Å². The predicted octanol–water partition coefficient (Wildman–Crippen LogP) is 3.58. The Morgan fingerprint density at radius 2 is 1.62 bits per heavy atom. The maximum absolute atomic E-state index is 12.6. The van der Waals surface area contributed by atoms with Crippen LogP contribution < -0.4 is 10.0 Å². The molecule has 6 heteroatoms. The van der Waals surface area contributed by atoms with Gasteiger partial charge in [0.25, 0.3) is 0 Å². The van der Waals surface area contributed by atoms with E-state index in [9.17, 15) is 13.2 Å². The fourth-order valence-electron chi connectivity index (χ4n) is 2.59. The third kappa shape index (κ3) is 5.41. The molecule has 0 heterocycles. The van der Waals surface area contributed by atoms with E-state index in [2.05, 4.69) is 17.0 Å². The molecule has 0 saturated carbocycles. The number of hydrogen-bond acceptors (Lipinski definition) is 3. The zero-order chi connectivity index (χ0) is 19.2. The molecule has 1 amide bonds. The summed E-state index contributed by atoms with van der Waals surface area (Å²) in [5.74, 6) is -0.574. The van der Waals surface area contributed by atoms with Crippen LogP contribution in [0.1, 0.15) is 32.8 Å². The van der Waals surface area contributed by atoms with Crippen molar-refractivity contribution in [2.75, 3.05) is 5.32 Å². The number of hydrogen-bond donors (Lipinski definition) is 2. The lowest BCUT2D eigenvalue weighted by Crippen LogP contribution is -2.47. The van der Waals surface area contributed by atoms with E-state index in [4.69, 9.17) is 0 Å². The Kier molecular flexibility index (Phi) is 6.94. The summed E-state index contributed by atoms with van der Waals surface area (Å²) >= 11 is 0. The second-order valence-electron chi connectivity index (χ2n) is 6.59. The van der Waals surface area contributed by atoms with Gasteiger partial charge in [0.2, 0.25) is 15.9 Å². The molecule has 0 aromatic heterocycles. The van der Waals surface area contributed by atoms with Crippen molar-refractivity contribution in [3.8, 4) is 0 Å². The summed E-state index contributed by atoms with van der Waals surface area (Å²) < 4.78 is 27.6. The van der Waals surface area contributed by atoms with Gasteiger partial charge in [-0.1, -0.05) is 57.5 Å². The van der Waals surface area contributed by atoms with Crippen molar-refractivity contribution in [3.05, 3.63) is 60.2 Å². The van der Waals surface area contributed by atoms with Gasteiger partial charge in [-0.25, -0.2) is 8.42 Å². The fourth-order valence-corrected chi connectivity index (χ4v) is 3.96. The van der Waals surface area contributed by atoms with E-state index in [1.165, 1.54) is 17.7 Å². The molecule has 0 radical (unpaired) electrons. The fraction of sp³-hybridized carbons (Fsp3) is 0.350. The number of benzene rings is 2. The Balaban J connectivity index is 2.12. The molecule has 1 atom stereocenters. The molecule has 0 aliphatic rings. The summed E-state index contributed by atoms with van der Waals surface area (Å²) in [6.45, 7) is 5.73. The maximum Gasteiger partial charge on any atom is 0.242 e. The van der Waals surface area contributed by atoms with E-state index < -0.39 is 16.1 Å². The topological polar surface area (TPSA) is 75.3 Å². The van der Waals surface area contributed by atoms with E-state index >= 15 is 0 Å². The van der Waals surface area contributed by atoms with Crippen molar-refractivity contribution >= 4 is 21.6 Å². The van der Waals surface area contributed by atoms with Gasteiger partial charge in [-0.15, -0.1) is 0 Å². The minimum atomic E-state index is -3.77. The number of sulfonamides is 1. The summed E-state index contributed by atoms with van der Waals surface area (Å²) in [7, 11) is -3.77. The second kappa shape index (κ2) is 8.96. The molecule has 140 valence electrons. The Bertz CT molecular complexity index is 816. The van der Waals surface area contributed by atoms with Gasteiger partial charge < -0.3 is 5.32 Å². The molecule has 2 N–H and O–H groups in total. The molecule has 0 bridgehead atoms. The Hall–Kier alpha value is -2.18.